The summed E-state index contributed by atoms with van der Waals surface area (Å²) >= 11 is 5.83. The molecule has 0 aromatic carbocycles. The number of alkyl halides is 1. The molecule has 0 aliphatic carbocycles. The highest BCUT2D eigenvalue weighted by Gasteiger charge is 2.34. The van der Waals surface area contributed by atoms with E-state index in [0.29, 0.717) is 45.1 Å². The van der Waals surface area contributed by atoms with Gasteiger partial charge >= 0.3 is 6.09 Å². The van der Waals surface area contributed by atoms with Crippen LogP contribution in [0.2, 0.25) is 0 Å². The van der Waals surface area contributed by atoms with Gasteiger partial charge in [0.1, 0.15) is 5.60 Å². The molecule has 22 heavy (non-hydrogen) atoms. The summed E-state index contributed by atoms with van der Waals surface area (Å²) in [5.74, 6) is 0.834. The summed E-state index contributed by atoms with van der Waals surface area (Å²) < 4.78 is 11.1. The molecule has 0 N–H and O–H groups in total. The number of carbonyl (C=O) groups excluding carboxylic acids is 2. The van der Waals surface area contributed by atoms with Crippen molar-refractivity contribution in [3.63, 3.8) is 0 Å². The van der Waals surface area contributed by atoms with E-state index in [1.54, 1.807) is 9.80 Å². The van der Waals surface area contributed by atoms with Gasteiger partial charge in [0.25, 0.3) is 0 Å². The molecule has 0 bridgehead atoms. The van der Waals surface area contributed by atoms with Crippen molar-refractivity contribution in [1.82, 2.24) is 9.80 Å². The van der Waals surface area contributed by atoms with Crippen LogP contribution in [0.1, 0.15) is 27.2 Å². The largest absolute Gasteiger partial charge is 0.444 e. The summed E-state index contributed by atoms with van der Waals surface area (Å²) in [6.45, 7) is 8.15. The lowest BCUT2D eigenvalue weighted by molar-refractivity contribution is -0.130. The highest BCUT2D eigenvalue weighted by molar-refractivity contribution is 6.18. The summed E-state index contributed by atoms with van der Waals surface area (Å²) in [7, 11) is 0. The average Bonchev–Trinajstić information content (AvgIpc) is 2.78. The van der Waals surface area contributed by atoms with Crippen LogP contribution >= 0.6 is 11.6 Å². The second-order valence-corrected chi connectivity index (χ2v) is 7.25. The number of hydrogen-bond donors (Lipinski definition) is 0. The predicted molar refractivity (Wildman–Crippen MR) is 83.0 cm³/mol. The Hall–Kier alpha value is -1.01. The fraction of sp³-hybridized carbons (Fsp3) is 0.867. The third kappa shape index (κ3) is 4.74. The second kappa shape index (κ2) is 7.04. The molecule has 2 amide bonds. The molecule has 0 spiro atoms. The Morgan fingerprint density at radius 1 is 1.41 bits per heavy atom. The van der Waals surface area contributed by atoms with Gasteiger partial charge in [-0.25, -0.2) is 4.79 Å². The smallest absolute Gasteiger partial charge is 0.410 e. The summed E-state index contributed by atoms with van der Waals surface area (Å²) in [4.78, 5) is 27.5. The summed E-state index contributed by atoms with van der Waals surface area (Å²) in [5, 5.41) is 0. The number of halogens is 1. The van der Waals surface area contributed by atoms with Crippen LogP contribution in [0.15, 0.2) is 0 Å². The average molecular weight is 333 g/mol. The Kier molecular flexibility index (Phi) is 5.55. The van der Waals surface area contributed by atoms with Gasteiger partial charge in [-0.15, -0.1) is 11.6 Å². The Labute approximate surface area is 136 Å². The third-order valence-corrected chi connectivity index (χ3v) is 4.16. The van der Waals surface area contributed by atoms with Gasteiger partial charge in [-0.2, -0.15) is 0 Å². The lowest BCUT2D eigenvalue weighted by Crippen LogP contribution is -2.51. The van der Waals surface area contributed by atoms with E-state index in [2.05, 4.69) is 0 Å². The number of rotatable bonds is 3. The van der Waals surface area contributed by atoms with Crippen LogP contribution in [0, 0.1) is 5.92 Å². The minimum atomic E-state index is -0.511. The topological polar surface area (TPSA) is 59.1 Å². The maximum atomic E-state index is 12.1. The van der Waals surface area contributed by atoms with Gasteiger partial charge in [-0.05, 0) is 26.7 Å². The van der Waals surface area contributed by atoms with Gasteiger partial charge in [-0.3, -0.25) is 4.79 Å². The van der Waals surface area contributed by atoms with Gasteiger partial charge < -0.3 is 19.3 Å². The van der Waals surface area contributed by atoms with Crippen LogP contribution in [0.5, 0.6) is 0 Å². The summed E-state index contributed by atoms with van der Waals surface area (Å²) in [6.07, 6.45) is 0.0119. The predicted octanol–water partition coefficient (Wildman–Crippen LogP) is 1.71. The molecule has 2 heterocycles. The standard InChI is InChI=1S/C15H25ClN2O4/c1-15(2,3)22-14(20)17-4-5-21-12(9-17)10-18-8-11(7-16)6-13(18)19/h11-12H,4-10H2,1-3H3/t11?,12-/m0/s1. The molecule has 2 aliphatic rings. The number of hydrogen-bond acceptors (Lipinski definition) is 4. The molecule has 0 saturated carbocycles. The molecule has 0 radical (unpaired) electrons. The number of nitrogens with zero attached hydrogens (tertiary/aromatic N) is 2. The van der Waals surface area contributed by atoms with Gasteiger partial charge in [-0.1, -0.05) is 0 Å². The van der Waals surface area contributed by atoms with Gasteiger partial charge in [0.2, 0.25) is 5.91 Å². The van der Waals surface area contributed by atoms with Gasteiger partial charge in [0.15, 0.2) is 0 Å². The molecule has 126 valence electrons. The number of amides is 2. The van der Waals surface area contributed by atoms with Crippen molar-refractivity contribution >= 4 is 23.6 Å². The molecular weight excluding hydrogens is 308 g/mol. The van der Waals surface area contributed by atoms with Crippen molar-refractivity contribution in [2.24, 2.45) is 5.92 Å². The van der Waals surface area contributed by atoms with Gasteiger partial charge in [0, 0.05) is 31.9 Å². The van der Waals surface area contributed by atoms with E-state index < -0.39 is 5.60 Å². The zero-order valence-electron chi connectivity index (χ0n) is 13.5. The first kappa shape index (κ1) is 17.3. The lowest BCUT2D eigenvalue weighted by Gasteiger charge is -2.35. The van der Waals surface area contributed by atoms with E-state index in [4.69, 9.17) is 21.1 Å². The van der Waals surface area contributed by atoms with E-state index in [1.165, 1.54) is 0 Å². The minimum absolute atomic E-state index is 0.114. The van der Waals surface area contributed by atoms with Crippen molar-refractivity contribution in [1.29, 1.82) is 0 Å². The summed E-state index contributed by atoms with van der Waals surface area (Å²) in [6, 6.07) is 0. The minimum Gasteiger partial charge on any atom is -0.444 e. The maximum absolute atomic E-state index is 12.1. The van der Waals surface area contributed by atoms with Crippen molar-refractivity contribution in [3.8, 4) is 0 Å². The highest BCUT2D eigenvalue weighted by atomic mass is 35.5. The molecule has 7 heteroatoms. The zero-order valence-corrected chi connectivity index (χ0v) is 14.3. The molecule has 2 atom stereocenters. The maximum Gasteiger partial charge on any atom is 0.410 e. The molecule has 2 aliphatic heterocycles. The first-order valence-electron chi connectivity index (χ1n) is 7.72. The monoisotopic (exact) mass is 332 g/mol. The molecule has 1 unspecified atom stereocenters. The third-order valence-electron chi connectivity index (χ3n) is 3.73. The lowest BCUT2D eigenvalue weighted by atomic mass is 10.1. The number of carbonyl (C=O) groups is 2. The van der Waals surface area contributed by atoms with Crippen LogP contribution in [0.3, 0.4) is 0 Å². The molecule has 2 saturated heterocycles. The van der Waals surface area contributed by atoms with E-state index in [-0.39, 0.29) is 24.0 Å². The van der Waals surface area contributed by atoms with Gasteiger partial charge in [0.05, 0.1) is 19.3 Å². The Balaban J connectivity index is 1.86. The SMILES string of the molecule is CC(C)(C)OC(=O)N1CCO[C@H](CN2CC(CCl)CC2=O)C1. The van der Waals surface area contributed by atoms with Crippen LogP contribution in [-0.2, 0) is 14.3 Å². The van der Waals surface area contributed by atoms with Crippen molar-refractivity contribution < 1.29 is 19.1 Å². The highest BCUT2D eigenvalue weighted by Crippen LogP contribution is 2.21. The Morgan fingerprint density at radius 2 is 2.14 bits per heavy atom. The number of likely N-dealkylation sites (tertiary alicyclic amines) is 1. The zero-order chi connectivity index (χ0) is 16.3. The Morgan fingerprint density at radius 3 is 2.73 bits per heavy atom. The van der Waals surface area contributed by atoms with Crippen molar-refractivity contribution in [2.45, 2.75) is 38.9 Å². The molecule has 2 rings (SSSR count). The van der Waals surface area contributed by atoms with Crippen molar-refractivity contribution in [2.75, 3.05) is 38.7 Å². The fourth-order valence-electron chi connectivity index (χ4n) is 2.70. The van der Waals surface area contributed by atoms with Crippen molar-refractivity contribution in [3.05, 3.63) is 0 Å². The van der Waals surface area contributed by atoms with Crippen LogP contribution in [0.4, 0.5) is 4.79 Å². The number of ether oxygens (including phenoxy) is 2. The summed E-state index contributed by atoms with van der Waals surface area (Å²) in [5.41, 5.74) is -0.511. The molecular formula is C15H25ClN2O4. The quantitative estimate of drug-likeness (QED) is 0.738. The van der Waals surface area contributed by atoms with Crippen LogP contribution < -0.4 is 0 Å². The second-order valence-electron chi connectivity index (χ2n) is 6.94. The molecule has 0 aromatic rings. The molecule has 6 nitrogen and oxygen atoms in total. The van der Waals surface area contributed by atoms with Crippen LogP contribution in [-0.4, -0.2) is 72.2 Å². The normalized spacial score (nSPS) is 26.5. The first-order valence-corrected chi connectivity index (χ1v) is 8.25. The number of morpholine rings is 1. The van der Waals surface area contributed by atoms with E-state index in [0.717, 1.165) is 0 Å². The molecule has 2 fully saturated rings. The van der Waals surface area contributed by atoms with E-state index >= 15 is 0 Å². The van der Waals surface area contributed by atoms with E-state index in [1.807, 2.05) is 20.8 Å². The Bertz CT molecular complexity index is 424. The fourth-order valence-corrected chi connectivity index (χ4v) is 2.91. The molecule has 0 aromatic heterocycles. The van der Waals surface area contributed by atoms with Crippen LogP contribution in [0.25, 0.3) is 0 Å². The van der Waals surface area contributed by atoms with E-state index in [9.17, 15) is 9.59 Å². The first-order chi connectivity index (χ1) is 10.3.